The quantitative estimate of drug-likeness (QED) is 0.480. The zero-order valence-corrected chi connectivity index (χ0v) is 10.3. The summed E-state index contributed by atoms with van der Waals surface area (Å²) in [6.07, 6.45) is 8.63. The van der Waals surface area contributed by atoms with Crippen LogP contribution in [0.3, 0.4) is 0 Å². The molecule has 2 unspecified atom stereocenters. The van der Waals surface area contributed by atoms with Crippen molar-refractivity contribution in [3.8, 4) is 0 Å². The largest absolute Gasteiger partial charge is 1.00 e. The Morgan fingerprint density at radius 1 is 1.06 bits per heavy atom. The van der Waals surface area contributed by atoms with Crippen molar-refractivity contribution in [2.24, 2.45) is 5.92 Å². The minimum atomic E-state index is 0. The molecular weight excluding hydrogens is 187 g/mol. The van der Waals surface area contributed by atoms with E-state index in [1.807, 2.05) is 5.92 Å². The van der Waals surface area contributed by atoms with Crippen LogP contribution in [0.2, 0.25) is 0 Å². The Hall–Kier alpha value is -0.183. The first-order chi connectivity index (χ1) is 7.43. The summed E-state index contributed by atoms with van der Waals surface area (Å²) in [6.45, 7) is 0. The van der Waals surface area contributed by atoms with E-state index >= 15 is 0 Å². The van der Waals surface area contributed by atoms with Gasteiger partial charge in [-0.05, 0) is 11.5 Å². The van der Waals surface area contributed by atoms with Crippen molar-refractivity contribution in [2.75, 3.05) is 0 Å². The third-order valence-electron chi connectivity index (χ3n) is 4.23. The second kappa shape index (κ2) is 5.43. The Kier molecular flexibility index (Phi) is 4.17. The number of hydrogen-bond acceptors (Lipinski definition) is 0. The van der Waals surface area contributed by atoms with Crippen LogP contribution >= 0.6 is 0 Å². The van der Waals surface area contributed by atoms with Crippen LogP contribution in [0.1, 0.15) is 50.0 Å². The van der Waals surface area contributed by atoms with Gasteiger partial charge in [-0.15, -0.1) is 0 Å². The molecule has 2 saturated carbocycles. The number of rotatable bonds is 1. The SMILES string of the molecule is [Li+].c1ccc(C2C[C-]3CCCCC3C2)cc1. The van der Waals surface area contributed by atoms with Gasteiger partial charge in [-0.3, -0.25) is 0 Å². The molecule has 3 rings (SSSR count). The molecule has 16 heavy (non-hydrogen) atoms. The molecule has 0 heterocycles. The topological polar surface area (TPSA) is 0 Å². The molecule has 0 amide bonds. The van der Waals surface area contributed by atoms with Crippen LogP contribution in [0.4, 0.5) is 0 Å². The van der Waals surface area contributed by atoms with Crippen molar-refractivity contribution in [3.05, 3.63) is 41.8 Å². The molecule has 1 aromatic rings. The molecule has 2 aliphatic carbocycles. The molecule has 0 radical (unpaired) electrons. The molecule has 0 nitrogen and oxygen atoms in total. The summed E-state index contributed by atoms with van der Waals surface area (Å²) in [4.78, 5) is 0. The van der Waals surface area contributed by atoms with Gasteiger partial charge in [0, 0.05) is 0 Å². The predicted molar refractivity (Wildman–Crippen MR) is 63.6 cm³/mol. The summed E-state index contributed by atoms with van der Waals surface area (Å²) < 4.78 is 0. The van der Waals surface area contributed by atoms with Gasteiger partial charge in [-0.25, -0.2) is 0 Å². The smallest absolute Gasteiger partial charge is 0.310 e. The second-order valence-corrected chi connectivity index (χ2v) is 5.15. The van der Waals surface area contributed by atoms with Gasteiger partial charge in [-0.1, -0.05) is 56.0 Å². The Bertz CT molecular complexity index is 305. The van der Waals surface area contributed by atoms with Crippen molar-refractivity contribution in [3.63, 3.8) is 0 Å². The maximum Gasteiger partial charge on any atom is 1.00 e. The second-order valence-electron chi connectivity index (χ2n) is 5.15. The van der Waals surface area contributed by atoms with Crippen molar-refractivity contribution >= 4 is 0 Å². The molecule has 2 fully saturated rings. The van der Waals surface area contributed by atoms with E-state index in [1.54, 1.807) is 5.56 Å². The van der Waals surface area contributed by atoms with Gasteiger partial charge in [0.05, 0.1) is 0 Å². The molecule has 0 saturated heterocycles. The summed E-state index contributed by atoms with van der Waals surface area (Å²) in [5.74, 6) is 3.70. The average molecular weight is 206 g/mol. The van der Waals surface area contributed by atoms with Crippen molar-refractivity contribution in [2.45, 2.75) is 44.4 Å². The fourth-order valence-electron chi connectivity index (χ4n) is 3.43. The molecular formula is C15H19Li. The Morgan fingerprint density at radius 3 is 2.62 bits per heavy atom. The van der Waals surface area contributed by atoms with Crippen molar-refractivity contribution < 1.29 is 18.9 Å². The van der Waals surface area contributed by atoms with Crippen LogP contribution in [-0.2, 0) is 0 Å². The van der Waals surface area contributed by atoms with Gasteiger partial charge in [0.15, 0.2) is 0 Å². The monoisotopic (exact) mass is 206 g/mol. The Labute approximate surface area is 111 Å². The minimum absolute atomic E-state index is 0. The van der Waals surface area contributed by atoms with E-state index in [-0.39, 0.29) is 18.9 Å². The Balaban J connectivity index is 0.000000963. The molecule has 0 bridgehead atoms. The van der Waals surface area contributed by atoms with Crippen LogP contribution in [0, 0.1) is 11.8 Å². The summed E-state index contributed by atoms with van der Waals surface area (Å²) in [6, 6.07) is 11.1. The summed E-state index contributed by atoms with van der Waals surface area (Å²) in [5.41, 5.74) is 1.57. The summed E-state index contributed by atoms with van der Waals surface area (Å²) >= 11 is 0. The predicted octanol–water partition coefficient (Wildman–Crippen LogP) is 1.33. The fourth-order valence-corrected chi connectivity index (χ4v) is 3.43. The normalized spacial score (nSPS) is 29.5. The maximum absolute atomic E-state index is 2.31. The van der Waals surface area contributed by atoms with E-state index in [9.17, 15) is 0 Å². The van der Waals surface area contributed by atoms with Crippen LogP contribution < -0.4 is 18.9 Å². The third kappa shape index (κ3) is 2.39. The van der Waals surface area contributed by atoms with Crippen molar-refractivity contribution in [1.29, 1.82) is 0 Å². The van der Waals surface area contributed by atoms with E-state index in [2.05, 4.69) is 30.3 Å². The van der Waals surface area contributed by atoms with Gasteiger partial charge in [0.1, 0.15) is 0 Å². The first kappa shape index (κ1) is 12.3. The molecule has 0 spiro atoms. The van der Waals surface area contributed by atoms with Gasteiger partial charge < -0.3 is 5.92 Å². The molecule has 1 aromatic carbocycles. The molecule has 0 N–H and O–H groups in total. The van der Waals surface area contributed by atoms with E-state index in [4.69, 9.17) is 0 Å². The molecule has 1 heteroatoms. The van der Waals surface area contributed by atoms with E-state index in [1.165, 1.54) is 38.5 Å². The van der Waals surface area contributed by atoms with Crippen LogP contribution in [0.25, 0.3) is 0 Å². The van der Waals surface area contributed by atoms with Gasteiger partial charge in [0.25, 0.3) is 0 Å². The van der Waals surface area contributed by atoms with Crippen LogP contribution in [0.5, 0.6) is 0 Å². The molecule has 0 aliphatic heterocycles. The minimum Gasteiger partial charge on any atom is -0.310 e. The number of hydrogen-bond donors (Lipinski definition) is 0. The van der Waals surface area contributed by atoms with Gasteiger partial charge in [-0.2, -0.15) is 18.8 Å². The first-order valence-electron chi connectivity index (χ1n) is 6.33. The first-order valence-corrected chi connectivity index (χ1v) is 6.33. The molecule has 0 aromatic heterocycles. The van der Waals surface area contributed by atoms with E-state index in [0.29, 0.717) is 0 Å². The third-order valence-corrected chi connectivity index (χ3v) is 4.23. The Morgan fingerprint density at radius 2 is 1.88 bits per heavy atom. The van der Waals surface area contributed by atoms with E-state index < -0.39 is 0 Å². The maximum atomic E-state index is 2.31. The summed E-state index contributed by atoms with van der Waals surface area (Å²) in [7, 11) is 0. The standard InChI is InChI=1S/C15H19.Li/c1-2-6-12(7-3-1)15-10-13-8-4-5-9-14(13)11-15;/h1-3,6-7,13,15H,4-5,8-11H2;/q-1;+1. The zero-order chi connectivity index (χ0) is 10.1. The van der Waals surface area contributed by atoms with Crippen molar-refractivity contribution in [1.82, 2.24) is 0 Å². The fraction of sp³-hybridized carbons (Fsp3) is 0.533. The van der Waals surface area contributed by atoms with Crippen LogP contribution in [-0.4, -0.2) is 0 Å². The van der Waals surface area contributed by atoms with E-state index in [0.717, 1.165) is 11.8 Å². The van der Waals surface area contributed by atoms with Gasteiger partial charge in [0.2, 0.25) is 0 Å². The van der Waals surface area contributed by atoms with Crippen LogP contribution in [0.15, 0.2) is 30.3 Å². The van der Waals surface area contributed by atoms with Gasteiger partial charge >= 0.3 is 18.9 Å². The molecule has 2 aliphatic rings. The molecule has 2 atom stereocenters. The summed E-state index contributed by atoms with van der Waals surface area (Å²) in [5, 5.41) is 0. The molecule has 80 valence electrons. The number of fused-ring (bicyclic) bond motifs is 1. The zero-order valence-electron chi connectivity index (χ0n) is 10.3. The number of benzene rings is 1. The average Bonchev–Trinajstić information content (AvgIpc) is 2.74.